The highest BCUT2D eigenvalue weighted by molar-refractivity contribution is 5.84. The van der Waals surface area contributed by atoms with E-state index in [1.165, 1.54) is 0 Å². The zero-order valence-corrected chi connectivity index (χ0v) is 14.6. The first-order valence-electron chi connectivity index (χ1n) is 8.06. The van der Waals surface area contributed by atoms with Gasteiger partial charge in [-0.15, -0.1) is 0 Å². The van der Waals surface area contributed by atoms with E-state index < -0.39 is 0 Å². The predicted octanol–water partition coefficient (Wildman–Crippen LogP) is 2.56. The second kappa shape index (κ2) is 7.17. The third-order valence-corrected chi connectivity index (χ3v) is 3.96. The minimum Gasteiger partial charge on any atom is -0.378 e. The molecule has 3 aromatic rings. The summed E-state index contributed by atoms with van der Waals surface area (Å²) in [6.45, 7) is 2.08. The third-order valence-electron chi connectivity index (χ3n) is 3.96. The lowest BCUT2D eigenvalue weighted by Crippen LogP contribution is -2.23. The maximum Gasteiger partial charge on any atom is 0.260 e. The second-order valence-corrected chi connectivity index (χ2v) is 6.01. The number of rotatable bonds is 5. The number of aromatic nitrogens is 2. The van der Waals surface area contributed by atoms with Crippen molar-refractivity contribution in [2.24, 2.45) is 5.10 Å². The van der Waals surface area contributed by atoms with Gasteiger partial charge in [0.05, 0.1) is 17.2 Å². The van der Waals surface area contributed by atoms with Gasteiger partial charge in [0.25, 0.3) is 5.91 Å². The van der Waals surface area contributed by atoms with Gasteiger partial charge in [-0.1, -0.05) is 24.3 Å². The summed E-state index contributed by atoms with van der Waals surface area (Å²) in [5.74, 6) is 0.618. The fraction of sp³-hybridized carbons (Fsp3) is 0.211. The highest BCUT2D eigenvalue weighted by Gasteiger charge is 2.09. The molecule has 1 N–H and O–H groups in total. The summed E-state index contributed by atoms with van der Waals surface area (Å²) in [6.07, 6.45) is 1.64. The number of benzene rings is 2. The first-order chi connectivity index (χ1) is 12.0. The van der Waals surface area contributed by atoms with E-state index in [4.69, 9.17) is 0 Å². The summed E-state index contributed by atoms with van der Waals surface area (Å²) < 4.78 is 1.88. The predicted molar refractivity (Wildman–Crippen MR) is 101 cm³/mol. The number of fused-ring (bicyclic) bond motifs is 1. The topological polar surface area (TPSA) is 62.5 Å². The van der Waals surface area contributed by atoms with Gasteiger partial charge in [0.1, 0.15) is 12.4 Å². The first kappa shape index (κ1) is 16.7. The second-order valence-electron chi connectivity index (χ2n) is 6.01. The van der Waals surface area contributed by atoms with Crippen LogP contribution in [0.25, 0.3) is 11.0 Å². The standard InChI is InChI=1S/C19H21N5O/c1-14-21-17-6-4-5-7-18(17)24(14)13-19(25)22-20-12-15-8-10-16(11-9-15)23(2)3/h4-12H,13H2,1-3H3,(H,22,25). The first-order valence-corrected chi connectivity index (χ1v) is 8.06. The maximum atomic E-state index is 12.2. The molecule has 0 spiro atoms. The number of hydrazone groups is 1. The van der Waals surface area contributed by atoms with Crippen LogP contribution in [0.5, 0.6) is 0 Å². The summed E-state index contributed by atoms with van der Waals surface area (Å²) in [5.41, 5.74) is 6.44. The molecule has 6 nitrogen and oxygen atoms in total. The molecule has 3 rings (SSSR count). The Morgan fingerprint density at radius 2 is 1.92 bits per heavy atom. The number of amides is 1. The average molecular weight is 335 g/mol. The van der Waals surface area contributed by atoms with Crippen LogP contribution in [-0.4, -0.2) is 35.8 Å². The van der Waals surface area contributed by atoms with Crippen LogP contribution in [0.1, 0.15) is 11.4 Å². The molecule has 0 unspecified atom stereocenters. The summed E-state index contributed by atoms with van der Waals surface area (Å²) in [5, 5.41) is 4.03. The van der Waals surface area contributed by atoms with Crippen LogP contribution in [-0.2, 0) is 11.3 Å². The number of hydrogen-bond donors (Lipinski definition) is 1. The van der Waals surface area contributed by atoms with Crippen molar-refractivity contribution in [3.63, 3.8) is 0 Å². The molecule has 0 radical (unpaired) electrons. The lowest BCUT2D eigenvalue weighted by molar-refractivity contribution is -0.121. The minimum atomic E-state index is -0.188. The van der Waals surface area contributed by atoms with E-state index in [1.807, 2.05) is 79.0 Å². The number of carbonyl (C=O) groups excluding carboxylic acids is 1. The molecule has 1 heterocycles. The maximum absolute atomic E-state index is 12.2. The van der Waals surface area contributed by atoms with E-state index in [2.05, 4.69) is 15.5 Å². The zero-order chi connectivity index (χ0) is 17.8. The molecule has 0 fully saturated rings. The van der Waals surface area contributed by atoms with Gasteiger partial charge in [-0.25, -0.2) is 10.4 Å². The van der Waals surface area contributed by atoms with Crippen molar-refractivity contribution in [2.45, 2.75) is 13.5 Å². The lowest BCUT2D eigenvalue weighted by atomic mass is 10.2. The summed E-state index contributed by atoms with van der Waals surface area (Å²) in [7, 11) is 3.98. The SMILES string of the molecule is Cc1nc2ccccc2n1CC(=O)NN=Cc1ccc(N(C)C)cc1. The number of hydrogen-bond acceptors (Lipinski definition) is 4. The summed E-state index contributed by atoms with van der Waals surface area (Å²) in [6, 6.07) is 15.7. The van der Waals surface area contributed by atoms with E-state index in [9.17, 15) is 4.79 Å². The Morgan fingerprint density at radius 1 is 1.20 bits per heavy atom. The molecule has 6 heteroatoms. The number of aryl methyl sites for hydroxylation is 1. The van der Waals surface area contributed by atoms with Crippen LogP contribution in [0, 0.1) is 6.92 Å². The van der Waals surface area contributed by atoms with Crippen LogP contribution in [0.4, 0.5) is 5.69 Å². The van der Waals surface area contributed by atoms with E-state index in [0.29, 0.717) is 0 Å². The molecule has 0 bridgehead atoms. The van der Waals surface area contributed by atoms with E-state index in [1.54, 1.807) is 6.21 Å². The number of carbonyl (C=O) groups is 1. The van der Waals surface area contributed by atoms with Gasteiger partial charge in [-0.05, 0) is 36.8 Å². The Morgan fingerprint density at radius 3 is 2.64 bits per heavy atom. The van der Waals surface area contributed by atoms with Gasteiger partial charge in [0.2, 0.25) is 0 Å². The molecule has 0 aliphatic heterocycles. The van der Waals surface area contributed by atoms with Crippen molar-refractivity contribution in [2.75, 3.05) is 19.0 Å². The number of nitrogens with zero attached hydrogens (tertiary/aromatic N) is 4. The van der Waals surface area contributed by atoms with Gasteiger partial charge in [0, 0.05) is 19.8 Å². The van der Waals surface area contributed by atoms with Crippen LogP contribution in [0.3, 0.4) is 0 Å². The number of imidazole rings is 1. The number of nitrogens with one attached hydrogen (secondary N) is 1. The van der Waals surface area contributed by atoms with Gasteiger partial charge in [-0.2, -0.15) is 5.10 Å². The highest BCUT2D eigenvalue weighted by atomic mass is 16.2. The molecular formula is C19H21N5O. The number of para-hydroxylation sites is 2. The van der Waals surface area contributed by atoms with Crippen LogP contribution >= 0.6 is 0 Å². The lowest BCUT2D eigenvalue weighted by Gasteiger charge is -2.11. The van der Waals surface area contributed by atoms with Crippen molar-refractivity contribution in [3.8, 4) is 0 Å². The fourth-order valence-corrected chi connectivity index (χ4v) is 2.61. The van der Waals surface area contributed by atoms with Gasteiger partial charge >= 0.3 is 0 Å². The Labute approximate surface area is 146 Å². The highest BCUT2D eigenvalue weighted by Crippen LogP contribution is 2.15. The summed E-state index contributed by atoms with van der Waals surface area (Å²) in [4.78, 5) is 18.6. The molecule has 0 aliphatic carbocycles. The normalized spacial score (nSPS) is 11.2. The Balaban J connectivity index is 1.63. The largest absolute Gasteiger partial charge is 0.378 e. The van der Waals surface area contributed by atoms with Gasteiger partial charge in [0.15, 0.2) is 0 Å². The van der Waals surface area contributed by atoms with Crippen LogP contribution in [0.15, 0.2) is 53.6 Å². The Kier molecular flexibility index (Phi) is 4.79. The van der Waals surface area contributed by atoms with Crippen molar-refractivity contribution >= 4 is 28.8 Å². The van der Waals surface area contributed by atoms with Crippen LogP contribution < -0.4 is 10.3 Å². The molecule has 0 atom stereocenters. The third kappa shape index (κ3) is 3.85. The van der Waals surface area contributed by atoms with E-state index in [-0.39, 0.29) is 12.5 Å². The smallest absolute Gasteiger partial charge is 0.260 e. The van der Waals surface area contributed by atoms with Crippen LogP contribution in [0.2, 0.25) is 0 Å². The Bertz CT molecular complexity index is 909. The molecule has 0 saturated heterocycles. The Hall–Kier alpha value is -3.15. The summed E-state index contributed by atoms with van der Waals surface area (Å²) >= 11 is 0. The monoisotopic (exact) mass is 335 g/mol. The van der Waals surface area contributed by atoms with Crippen molar-refractivity contribution in [3.05, 3.63) is 59.9 Å². The average Bonchev–Trinajstić information content (AvgIpc) is 2.91. The molecule has 2 aromatic carbocycles. The molecule has 25 heavy (non-hydrogen) atoms. The van der Waals surface area contributed by atoms with Crippen molar-refractivity contribution < 1.29 is 4.79 Å². The van der Waals surface area contributed by atoms with Crippen molar-refractivity contribution in [1.82, 2.24) is 15.0 Å². The van der Waals surface area contributed by atoms with E-state index in [0.717, 1.165) is 28.1 Å². The molecule has 0 aliphatic rings. The zero-order valence-electron chi connectivity index (χ0n) is 14.6. The van der Waals surface area contributed by atoms with Gasteiger partial charge in [-0.3, -0.25) is 4.79 Å². The quantitative estimate of drug-likeness (QED) is 0.576. The molecular weight excluding hydrogens is 314 g/mol. The van der Waals surface area contributed by atoms with E-state index >= 15 is 0 Å². The molecule has 1 amide bonds. The minimum absolute atomic E-state index is 0.184. The van der Waals surface area contributed by atoms with Gasteiger partial charge < -0.3 is 9.47 Å². The molecule has 0 saturated carbocycles. The molecule has 128 valence electrons. The van der Waals surface area contributed by atoms with Crippen molar-refractivity contribution in [1.29, 1.82) is 0 Å². The fourth-order valence-electron chi connectivity index (χ4n) is 2.61. The molecule has 1 aromatic heterocycles. The number of anilines is 1.